The highest BCUT2D eigenvalue weighted by atomic mass is 35.5. The third kappa shape index (κ3) is 1.11. The van der Waals surface area contributed by atoms with Gasteiger partial charge < -0.3 is 5.11 Å². The molecule has 1 atom stereocenters. The number of carbonyl (C=O) groups is 1. The second-order valence-corrected chi connectivity index (χ2v) is 3.23. The Bertz CT molecular complexity index is 400. The molecule has 6 nitrogen and oxygen atoms in total. The number of aromatic nitrogens is 3. The maximum absolute atomic E-state index is 11.5. The molecular formula is C7H7ClN4O2. The molecule has 0 saturated carbocycles. The highest BCUT2D eigenvalue weighted by molar-refractivity contribution is 6.45. The summed E-state index contributed by atoms with van der Waals surface area (Å²) in [5, 5.41) is 15.7. The van der Waals surface area contributed by atoms with E-state index in [4.69, 9.17) is 11.6 Å². The number of aliphatic hydroxyl groups is 1. The number of aromatic amines is 1. The van der Waals surface area contributed by atoms with Crippen molar-refractivity contribution in [1.82, 2.24) is 15.2 Å². The number of hydrogen-bond donors (Lipinski definition) is 2. The second kappa shape index (κ2) is 3.07. The largest absolute Gasteiger partial charge is 0.369 e. The summed E-state index contributed by atoms with van der Waals surface area (Å²) in [5.74, 6) is -0.300. The van der Waals surface area contributed by atoms with E-state index >= 15 is 0 Å². The van der Waals surface area contributed by atoms with Crippen LogP contribution < -0.4 is 4.90 Å². The number of hydrogen-bond acceptors (Lipinski definition) is 4. The first-order chi connectivity index (χ1) is 6.63. The van der Waals surface area contributed by atoms with Crippen molar-refractivity contribution in [3.8, 4) is 0 Å². The second-order valence-electron chi connectivity index (χ2n) is 2.85. The minimum atomic E-state index is -1.07. The molecule has 2 heterocycles. The van der Waals surface area contributed by atoms with Crippen LogP contribution in [-0.2, 0) is 4.79 Å². The van der Waals surface area contributed by atoms with Gasteiger partial charge in [-0.3, -0.25) is 4.79 Å². The number of aliphatic hydroxyl groups excluding tert-OH is 1. The first-order valence-electron chi connectivity index (χ1n) is 3.86. The van der Waals surface area contributed by atoms with Crippen LogP contribution in [0, 0.1) is 0 Å². The number of H-pyrrole nitrogens is 1. The summed E-state index contributed by atoms with van der Waals surface area (Å²) in [6, 6.07) is 0. The van der Waals surface area contributed by atoms with Crippen molar-refractivity contribution in [2.24, 2.45) is 0 Å². The number of carbonyl (C=O) groups excluding carboxylic acids is 1. The van der Waals surface area contributed by atoms with Gasteiger partial charge in [0, 0.05) is 5.57 Å². The lowest BCUT2D eigenvalue weighted by molar-refractivity contribution is -0.115. The fourth-order valence-corrected chi connectivity index (χ4v) is 1.41. The van der Waals surface area contributed by atoms with Crippen molar-refractivity contribution in [2.45, 2.75) is 13.2 Å². The highest BCUT2D eigenvalue weighted by Crippen LogP contribution is 2.28. The molecule has 7 heteroatoms. The summed E-state index contributed by atoms with van der Waals surface area (Å²) in [6.45, 7) is 1.58. The van der Waals surface area contributed by atoms with E-state index in [-0.39, 0.29) is 11.0 Å². The van der Waals surface area contributed by atoms with Gasteiger partial charge in [0.1, 0.15) is 11.4 Å². The summed E-state index contributed by atoms with van der Waals surface area (Å²) in [7, 11) is 0. The van der Waals surface area contributed by atoms with Gasteiger partial charge in [0.2, 0.25) is 5.95 Å². The lowest BCUT2D eigenvalue weighted by Gasteiger charge is -2.17. The van der Waals surface area contributed by atoms with Crippen molar-refractivity contribution in [3.63, 3.8) is 0 Å². The molecule has 0 aliphatic carbocycles. The van der Waals surface area contributed by atoms with Crippen molar-refractivity contribution in [1.29, 1.82) is 0 Å². The van der Waals surface area contributed by atoms with Gasteiger partial charge in [-0.25, -0.2) is 10.00 Å². The van der Waals surface area contributed by atoms with Crippen molar-refractivity contribution in [3.05, 3.63) is 16.9 Å². The molecule has 1 aromatic rings. The zero-order chi connectivity index (χ0) is 10.3. The Morgan fingerprint density at radius 1 is 1.71 bits per heavy atom. The fraction of sp³-hybridized carbons (Fsp3) is 0.286. The van der Waals surface area contributed by atoms with Gasteiger partial charge in [-0.2, -0.15) is 10.1 Å². The highest BCUT2D eigenvalue weighted by Gasteiger charge is 2.37. The Hall–Kier alpha value is -1.40. The molecule has 1 aliphatic rings. The molecule has 1 aliphatic heterocycles. The summed E-state index contributed by atoms with van der Waals surface area (Å²) in [4.78, 5) is 16.3. The van der Waals surface area contributed by atoms with Crippen LogP contribution in [0.15, 0.2) is 16.9 Å². The third-order valence-corrected chi connectivity index (χ3v) is 2.47. The van der Waals surface area contributed by atoms with Crippen LogP contribution in [0.4, 0.5) is 5.95 Å². The zero-order valence-electron chi connectivity index (χ0n) is 7.23. The van der Waals surface area contributed by atoms with Gasteiger partial charge in [0.15, 0.2) is 6.23 Å². The molecule has 1 aromatic heterocycles. The molecule has 0 spiro atoms. The Morgan fingerprint density at radius 2 is 2.43 bits per heavy atom. The summed E-state index contributed by atoms with van der Waals surface area (Å²) in [6.07, 6.45) is 0.180. The lowest BCUT2D eigenvalue weighted by Crippen LogP contribution is -2.35. The minimum Gasteiger partial charge on any atom is -0.369 e. The molecule has 0 aromatic carbocycles. The van der Waals surface area contributed by atoms with E-state index in [1.165, 1.54) is 6.33 Å². The number of halogens is 1. The molecule has 0 fully saturated rings. The molecule has 2 N–H and O–H groups in total. The van der Waals surface area contributed by atoms with Crippen molar-refractivity contribution >= 4 is 23.5 Å². The van der Waals surface area contributed by atoms with Crippen LogP contribution >= 0.6 is 11.6 Å². The fourth-order valence-electron chi connectivity index (χ4n) is 1.22. The topological polar surface area (TPSA) is 82.1 Å². The van der Waals surface area contributed by atoms with Crippen molar-refractivity contribution < 1.29 is 9.90 Å². The Balaban J connectivity index is 2.39. The monoisotopic (exact) mass is 214 g/mol. The molecule has 0 radical (unpaired) electrons. The minimum absolute atomic E-state index is 0.0221. The maximum Gasteiger partial charge on any atom is 0.274 e. The summed E-state index contributed by atoms with van der Waals surface area (Å²) >= 11 is 5.69. The summed E-state index contributed by atoms with van der Waals surface area (Å²) in [5.41, 5.74) is 0.410. The quantitative estimate of drug-likeness (QED) is 0.689. The first kappa shape index (κ1) is 9.17. The van der Waals surface area contributed by atoms with Crippen LogP contribution in [0.2, 0.25) is 0 Å². The average molecular weight is 215 g/mol. The standard InChI is InChI=1S/C7H7ClN4O2/c1-3-4(8)6(14)12(5(3)13)7-9-2-10-11-7/h2,5,13H,1H3,(H,9,10,11). The van der Waals surface area contributed by atoms with E-state index in [1.54, 1.807) is 6.92 Å². The molecule has 1 amide bonds. The van der Waals surface area contributed by atoms with Gasteiger partial charge in [-0.15, -0.1) is 0 Å². The molecule has 74 valence electrons. The third-order valence-electron chi connectivity index (χ3n) is 2.02. The van der Waals surface area contributed by atoms with Crippen LogP contribution in [0.1, 0.15) is 6.92 Å². The lowest BCUT2D eigenvalue weighted by atomic mass is 10.3. The average Bonchev–Trinajstić information content (AvgIpc) is 2.73. The van der Waals surface area contributed by atoms with Crippen LogP contribution in [0.25, 0.3) is 0 Å². The van der Waals surface area contributed by atoms with Crippen LogP contribution in [0.3, 0.4) is 0 Å². The molecule has 1 unspecified atom stereocenters. The predicted molar refractivity (Wildman–Crippen MR) is 48.4 cm³/mol. The Morgan fingerprint density at radius 3 is 2.86 bits per heavy atom. The molecule has 0 saturated heterocycles. The van der Waals surface area contributed by atoms with E-state index in [2.05, 4.69) is 15.2 Å². The molecule has 14 heavy (non-hydrogen) atoms. The number of amides is 1. The number of nitrogens with one attached hydrogen (secondary N) is 1. The van der Waals surface area contributed by atoms with Gasteiger partial charge in [0.05, 0.1) is 0 Å². The number of nitrogens with zero attached hydrogens (tertiary/aromatic N) is 3. The predicted octanol–water partition coefficient (Wildman–Crippen LogP) is -0.0175. The normalized spacial score (nSPS) is 22.4. The summed E-state index contributed by atoms with van der Waals surface area (Å²) < 4.78 is 0. The van der Waals surface area contributed by atoms with Crippen LogP contribution in [0.5, 0.6) is 0 Å². The first-order valence-corrected chi connectivity index (χ1v) is 4.24. The SMILES string of the molecule is CC1=C(Cl)C(=O)N(c2ncn[nH]2)C1O. The van der Waals surface area contributed by atoms with E-state index < -0.39 is 12.1 Å². The Labute approximate surface area is 84.2 Å². The van der Waals surface area contributed by atoms with E-state index in [9.17, 15) is 9.90 Å². The Kier molecular flexibility index (Phi) is 2.01. The number of rotatable bonds is 1. The molecule has 2 rings (SSSR count). The smallest absolute Gasteiger partial charge is 0.274 e. The van der Waals surface area contributed by atoms with Gasteiger partial charge in [-0.1, -0.05) is 11.6 Å². The van der Waals surface area contributed by atoms with E-state index in [0.29, 0.717) is 5.57 Å². The molecule has 0 bridgehead atoms. The van der Waals surface area contributed by atoms with Gasteiger partial charge in [-0.05, 0) is 6.92 Å². The van der Waals surface area contributed by atoms with E-state index in [1.807, 2.05) is 0 Å². The molecular weight excluding hydrogens is 208 g/mol. The van der Waals surface area contributed by atoms with Crippen LogP contribution in [-0.4, -0.2) is 32.4 Å². The van der Waals surface area contributed by atoms with E-state index in [0.717, 1.165) is 4.90 Å². The maximum atomic E-state index is 11.5. The van der Waals surface area contributed by atoms with Crippen molar-refractivity contribution in [2.75, 3.05) is 4.90 Å². The van der Waals surface area contributed by atoms with Gasteiger partial charge >= 0.3 is 0 Å². The zero-order valence-corrected chi connectivity index (χ0v) is 7.99. The number of anilines is 1. The van der Waals surface area contributed by atoms with Gasteiger partial charge in [0.25, 0.3) is 5.91 Å².